The van der Waals surface area contributed by atoms with Crippen LogP contribution in [0.15, 0.2) is 19.6 Å². The lowest BCUT2D eigenvalue weighted by Crippen LogP contribution is -2.56. The fourth-order valence-electron chi connectivity index (χ4n) is 2.03. The highest BCUT2D eigenvalue weighted by atomic mass is 79.9. The van der Waals surface area contributed by atoms with E-state index in [0.717, 1.165) is 23.3 Å². The molecule has 1 aromatic heterocycles. The van der Waals surface area contributed by atoms with Gasteiger partial charge in [-0.05, 0) is 37.9 Å². The smallest absolute Gasteiger partial charge is 0.238 e. The van der Waals surface area contributed by atoms with E-state index in [4.69, 9.17) is 4.42 Å². The molecule has 1 saturated heterocycles. The topological polar surface area (TPSA) is 57.5 Å². The van der Waals surface area contributed by atoms with Gasteiger partial charge in [0.15, 0.2) is 4.67 Å². The molecule has 1 fully saturated rings. The highest BCUT2D eigenvalue weighted by molar-refractivity contribution is 9.13. The van der Waals surface area contributed by atoms with Gasteiger partial charge in [0.25, 0.3) is 0 Å². The Labute approximate surface area is 123 Å². The van der Waals surface area contributed by atoms with Crippen molar-refractivity contribution in [1.29, 1.82) is 0 Å². The number of likely N-dealkylation sites (N-methyl/N-ethyl adjacent to an activating group) is 1. The molecule has 1 aromatic rings. The van der Waals surface area contributed by atoms with E-state index in [0.29, 0.717) is 17.8 Å². The summed E-state index contributed by atoms with van der Waals surface area (Å²) in [6, 6.07) is 1.78. The lowest BCUT2D eigenvalue weighted by molar-refractivity contribution is -0.126. The minimum Gasteiger partial charge on any atom is -0.452 e. The van der Waals surface area contributed by atoms with Gasteiger partial charge in [0.05, 0.1) is 11.0 Å². The van der Waals surface area contributed by atoms with Crippen LogP contribution in [-0.4, -0.2) is 43.5 Å². The van der Waals surface area contributed by atoms with Crippen LogP contribution in [-0.2, 0) is 11.3 Å². The molecule has 7 heteroatoms. The Kier molecular flexibility index (Phi) is 4.83. The summed E-state index contributed by atoms with van der Waals surface area (Å²) in [5, 5.41) is 5.93. The van der Waals surface area contributed by atoms with Crippen molar-refractivity contribution in [3.63, 3.8) is 0 Å². The van der Waals surface area contributed by atoms with Gasteiger partial charge >= 0.3 is 0 Å². The SMILES string of the molecule is CNC(=O)C1CNCCN1Cc1cc(Br)c(Br)o1. The molecule has 2 rings (SSSR count). The van der Waals surface area contributed by atoms with Gasteiger partial charge in [-0.25, -0.2) is 0 Å². The van der Waals surface area contributed by atoms with Crippen LogP contribution in [0.2, 0.25) is 0 Å². The molecule has 1 aliphatic heterocycles. The van der Waals surface area contributed by atoms with Gasteiger partial charge in [-0.3, -0.25) is 9.69 Å². The van der Waals surface area contributed by atoms with E-state index in [-0.39, 0.29) is 11.9 Å². The van der Waals surface area contributed by atoms with Crippen molar-refractivity contribution in [2.24, 2.45) is 0 Å². The van der Waals surface area contributed by atoms with Gasteiger partial charge in [-0.15, -0.1) is 0 Å². The minimum atomic E-state index is -0.147. The Morgan fingerprint density at radius 2 is 2.44 bits per heavy atom. The fraction of sp³-hybridized carbons (Fsp3) is 0.545. The standard InChI is InChI=1S/C11H15Br2N3O2/c1-14-11(17)9-5-15-2-3-16(9)6-7-4-8(12)10(13)18-7/h4,9,15H,2-3,5-6H2,1H3,(H,14,17). The Morgan fingerprint density at radius 1 is 1.67 bits per heavy atom. The molecule has 18 heavy (non-hydrogen) atoms. The first kappa shape index (κ1) is 14.0. The lowest BCUT2D eigenvalue weighted by Gasteiger charge is -2.34. The zero-order chi connectivity index (χ0) is 13.1. The summed E-state index contributed by atoms with van der Waals surface area (Å²) in [6.45, 7) is 3.01. The zero-order valence-electron chi connectivity index (χ0n) is 10.0. The van der Waals surface area contributed by atoms with Crippen molar-refractivity contribution >= 4 is 37.8 Å². The van der Waals surface area contributed by atoms with E-state index in [1.54, 1.807) is 7.05 Å². The normalized spacial score (nSPS) is 20.9. The maximum absolute atomic E-state index is 11.8. The Hall–Kier alpha value is -0.370. The highest BCUT2D eigenvalue weighted by Gasteiger charge is 2.28. The first-order valence-corrected chi connectivity index (χ1v) is 7.30. The second-order valence-electron chi connectivity index (χ2n) is 4.14. The predicted molar refractivity (Wildman–Crippen MR) is 75.2 cm³/mol. The van der Waals surface area contributed by atoms with E-state index >= 15 is 0 Å². The Bertz CT molecular complexity index is 416. The average Bonchev–Trinajstić information content (AvgIpc) is 2.68. The number of halogens is 2. The monoisotopic (exact) mass is 379 g/mol. The number of nitrogens with zero attached hydrogens (tertiary/aromatic N) is 1. The van der Waals surface area contributed by atoms with Crippen molar-refractivity contribution in [2.45, 2.75) is 12.6 Å². The minimum absolute atomic E-state index is 0.0342. The molecule has 1 atom stereocenters. The summed E-state index contributed by atoms with van der Waals surface area (Å²) < 4.78 is 7.13. The van der Waals surface area contributed by atoms with Gasteiger partial charge in [-0.1, -0.05) is 0 Å². The molecule has 2 N–H and O–H groups in total. The van der Waals surface area contributed by atoms with Crippen LogP contribution in [0, 0.1) is 0 Å². The molecule has 2 heterocycles. The largest absolute Gasteiger partial charge is 0.452 e. The van der Waals surface area contributed by atoms with Crippen LogP contribution < -0.4 is 10.6 Å². The molecule has 0 radical (unpaired) electrons. The van der Waals surface area contributed by atoms with Crippen molar-refractivity contribution in [2.75, 3.05) is 26.7 Å². The van der Waals surface area contributed by atoms with Crippen molar-refractivity contribution < 1.29 is 9.21 Å². The lowest BCUT2D eigenvalue weighted by atomic mass is 10.1. The van der Waals surface area contributed by atoms with Gasteiger partial charge in [-0.2, -0.15) is 0 Å². The Morgan fingerprint density at radius 3 is 3.06 bits per heavy atom. The summed E-state index contributed by atoms with van der Waals surface area (Å²) in [6.07, 6.45) is 0. The molecule has 5 nitrogen and oxygen atoms in total. The first-order chi connectivity index (χ1) is 8.61. The number of hydrogen-bond donors (Lipinski definition) is 2. The highest BCUT2D eigenvalue weighted by Crippen LogP contribution is 2.27. The van der Waals surface area contributed by atoms with Crippen molar-refractivity contribution in [1.82, 2.24) is 15.5 Å². The number of hydrogen-bond acceptors (Lipinski definition) is 4. The molecular formula is C11H15Br2N3O2. The van der Waals surface area contributed by atoms with Crippen LogP contribution in [0.25, 0.3) is 0 Å². The molecule has 100 valence electrons. The average molecular weight is 381 g/mol. The van der Waals surface area contributed by atoms with Crippen LogP contribution in [0.4, 0.5) is 0 Å². The van der Waals surface area contributed by atoms with Gasteiger partial charge in [0, 0.05) is 26.7 Å². The van der Waals surface area contributed by atoms with Crippen LogP contribution in [0.5, 0.6) is 0 Å². The molecule has 0 bridgehead atoms. The van der Waals surface area contributed by atoms with E-state index in [2.05, 4.69) is 47.4 Å². The number of carbonyl (C=O) groups is 1. The molecule has 0 spiro atoms. The number of piperazine rings is 1. The quantitative estimate of drug-likeness (QED) is 0.830. The van der Waals surface area contributed by atoms with Crippen molar-refractivity contribution in [3.8, 4) is 0 Å². The van der Waals surface area contributed by atoms with E-state index in [1.165, 1.54) is 0 Å². The maximum atomic E-state index is 11.8. The number of nitrogens with one attached hydrogen (secondary N) is 2. The first-order valence-electron chi connectivity index (χ1n) is 5.72. The number of rotatable bonds is 3. The molecule has 1 aliphatic rings. The third-order valence-electron chi connectivity index (χ3n) is 2.96. The molecule has 0 aromatic carbocycles. The van der Waals surface area contributed by atoms with Crippen LogP contribution >= 0.6 is 31.9 Å². The Balaban J connectivity index is 2.07. The van der Waals surface area contributed by atoms with E-state index < -0.39 is 0 Å². The van der Waals surface area contributed by atoms with Gasteiger partial charge < -0.3 is 15.1 Å². The molecule has 1 unspecified atom stereocenters. The molecular weight excluding hydrogens is 366 g/mol. The van der Waals surface area contributed by atoms with Crippen LogP contribution in [0.1, 0.15) is 5.76 Å². The third-order valence-corrected chi connectivity index (χ3v) is 4.67. The van der Waals surface area contributed by atoms with E-state index in [1.807, 2.05) is 6.07 Å². The summed E-state index contributed by atoms with van der Waals surface area (Å²) in [5.74, 6) is 0.872. The van der Waals surface area contributed by atoms with Gasteiger partial charge in [0.2, 0.25) is 5.91 Å². The molecule has 0 saturated carbocycles. The fourth-order valence-corrected chi connectivity index (χ4v) is 2.69. The summed E-state index contributed by atoms with van der Waals surface area (Å²) in [5.41, 5.74) is 0. The number of amides is 1. The van der Waals surface area contributed by atoms with Crippen molar-refractivity contribution in [3.05, 3.63) is 21.0 Å². The molecule has 1 amide bonds. The summed E-state index contributed by atoms with van der Waals surface area (Å²) >= 11 is 6.70. The van der Waals surface area contributed by atoms with Crippen LogP contribution in [0.3, 0.4) is 0 Å². The summed E-state index contributed by atoms with van der Waals surface area (Å²) in [7, 11) is 1.66. The number of furan rings is 1. The second-order valence-corrected chi connectivity index (χ2v) is 5.71. The van der Waals surface area contributed by atoms with E-state index in [9.17, 15) is 4.79 Å². The van der Waals surface area contributed by atoms with Gasteiger partial charge in [0.1, 0.15) is 11.8 Å². The maximum Gasteiger partial charge on any atom is 0.238 e. The molecule has 0 aliphatic carbocycles. The third kappa shape index (κ3) is 3.14. The number of carbonyl (C=O) groups excluding carboxylic acids is 1. The second kappa shape index (κ2) is 6.18. The predicted octanol–water partition coefficient (Wildman–Crippen LogP) is 1.32. The summed E-state index contributed by atoms with van der Waals surface area (Å²) in [4.78, 5) is 13.9. The zero-order valence-corrected chi connectivity index (χ0v) is 13.2.